The lowest BCUT2D eigenvalue weighted by Gasteiger charge is -2.07. The number of sulfonamides is 1. The summed E-state index contributed by atoms with van der Waals surface area (Å²) in [6, 6.07) is 2.63. The maximum atomic E-state index is 12.1. The summed E-state index contributed by atoms with van der Waals surface area (Å²) in [6.45, 7) is 0. The highest BCUT2D eigenvalue weighted by Crippen LogP contribution is 2.21. The standard InChI is InChI=1S/C10H11ClN4O3S/c1-14-5-7(3-4-8(14)16)13-19(17,18)10-9(11)15(2)6-12-10/h3-6,13H,1-2H3. The number of rotatable bonds is 3. The van der Waals surface area contributed by atoms with Crippen LogP contribution in [-0.4, -0.2) is 22.5 Å². The van der Waals surface area contributed by atoms with Gasteiger partial charge in [0.25, 0.3) is 10.0 Å². The van der Waals surface area contributed by atoms with E-state index in [0.29, 0.717) is 0 Å². The molecule has 0 spiro atoms. The number of nitrogens with one attached hydrogen (secondary N) is 1. The van der Waals surface area contributed by atoms with Gasteiger partial charge in [-0.1, -0.05) is 11.6 Å². The molecule has 0 aliphatic rings. The van der Waals surface area contributed by atoms with Gasteiger partial charge >= 0.3 is 0 Å². The number of halogens is 1. The monoisotopic (exact) mass is 302 g/mol. The third-order valence-electron chi connectivity index (χ3n) is 2.43. The van der Waals surface area contributed by atoms with Crippen molar-refractivity contribution in [2.24, 2.45) is 14.1 Å². The van der Waals surface area contributed by atoms with Crippen LogP contribution in [0.1, 0.15) is 0 Å². The van der Waals surface area contributed by atoms with Gasteiger partial charge in [-0.2, -0.15) is 8.42 Å². The molecule has 19 heavy (non-hydrogen) atoms. The van der Waals surface area contributed by atoms with Gasteiger partial charge in [-0.3, -0.25) is 9.52 Å². The van der Waals surface area contributed by atoms with E-state index in [-0.39, 0.29) is 21.4 Å². The molecule has 0 aromatic carbocycles. The van der Waals surface area contributed by atoms with Crippen LogP contribution in [0.15, 0.2) is 34.5 Å². The van der Waals surface area contributed by atoms with Crippen LogP contribution in [0.3, 0.4) is 0 Å². The minimum Gasteiger partial charge on any atom is -0.324 e. The van der Waals surface area contributed by atoms with Gasteiger partial charge in [0.15, 0.2) is 0 Å². The van der Waals surface area contributed by atoms with E-state index < -0.39 is 10.0 Å². The normalized spacial score (nSPS) is 11.5. The lowest BCUT2D eigenvalue weighted by Crippen LogP contribution is -2.18. The zero-order chi connectivity index (χ0) is 14.2. The molecule has 0 atom stereocenters. The lowest BCUT2D eigenvalue weighted by atomic mass is 10.4. The Morgan fingerprint density at radius 3 is 2.47 bits per heavy atom. The predicted octanol–water partition coefficient (Wildman–Crippen LogP) is 0.573. The average molecular weight is 303 g/mol. The van der Waals surface area contributed by atoms with Crippen LogP contribution < -0.4 is 10.3 Å². The van der Waals surface area contributed by atoms with E-state index in [4.69, 9.17) is 11.6 Å². The van der Waals surface area contributed by atoms with Crippen LogP contribution in [-0.2, 0) is 24.1 Å². The quantitative estimate of drug-likeness (QED) is 0.898. The SMILES string of the molecule is Cn1cnc(S(=O)(=O)Nc2ccc(=O)n(C)c2)c1Cl. The van der Waals surface area contributed by atoms with Gasteiger partial charge in [0, 0.05) is 26.4 Å². The number of pyridine rings is 1. The summed E-state index contributed by atoms with van der Waals surface area (Å²) in [6.07, 6.45) is 2.67. The van der Waals surface area contributed by atoms with Crippen molar-refractivity contribution in [2.45, 2.75) is 5.03 Å². The maximum absolute atomic E-state index is 12.1. The van der Waals surface area contributed by atoms with Crippen molar-refractivity contribution in [3.05, 3.63) is 40.2 Å². The first-order valence-electron chi connectivity index (χ1n) is 5.17. The van der Waals surface area contributed by atoms with Gasteiger partial charge in [0.1, 0.15) is 5.15 Å². The van der Waals surface area contributed by atoms with Crippen LogP contribution in [0.5, 0.6) is 0 Å². The Morgan fingerprint density at radius 1 is 1.26 bits per heavy atom. The number of imidazole rings is 1. The first kappa shape index (κ1) is 13.6. The zero-order valence-corrected chi connectivity index (χ0v) is 11.7. The van der Waals surface area contributed by atoms with E-state index >= 15 is 0 Å². The molecule has 102 valence electrons. The summed E-state index contributed by atoms with van der Waals surface area (Å²) in [4.78, 5) is 14.9. The van der Waals surface area contributed by atoms with Crippen LogP contribution in [0.25, 0.3) is 0 Å². The molecule has 0 saturated heterocycles. The maximum Gasteiger partial charge on any atom is 0.282 e. The molecule has 0 saturated carbocycles. The molecule has 1 N–H and O–H groups in total. The van der Waals surface area contributed by atoms with Crippen LogP contribution in [0.4, 0.5) is 5.69 Å². The number of nitrogens with zero attached hydrogens (tertiary/aromatic N) is 3. The van der Waals surface area contributed by atoms with Crippen molar-refractivity contribution < 1.29 is 8.42 Å². The van der Waals surface area contributed by atoms with E-state index in [1.165, 1.54) is 40.8 Å². The van der Waals surface area contributed by atoms with Crippen molar-refractivity contribution in [1.82, 2.24) is 14.1 Å². The molecule has 0 fully saturated rings. The smallest absolute Gasteiger partial charge is 0.282 e. The number of aryl methyl sites for hydroxylation is 2. The molecule has 2 heterocycles. The van der Waals surface area contributed by atoms with Crippen LogP contribution >= 0.6 is 11.6 Å². The molecule has 0 unspecified atom stereocenters. The van der Waals surface area contributed by atoms with E-state index in [1.807, 2.05) is 0 Å². The van der Waals surface area contributed by atoms with Crippen molar-refractivity contribution in [3.63, 3.8) is 0 Å². The molecule has 0 radical (unpaired) electrons. The van der Waals surface area contributed by atoms with Crippen molar-refractivity contribution in [2.75, 3.05) is 4.72 Å². The van der Waals surface area contributed by atoms with Crippen molar-refractivity contribution in [1.29, 1.82) is 0 Å². The Kier molecular flexibility index (Phi) is 3.38. The minimum atomic E-state index is -3.88. The Morgan fingerprint density at radius 2 is 1.95 bits per heavy atom. The van der Waals surface area contributed by atoms with E-state index in [2.05, 4.69) is 9.71 Å². The third-order valence-corrected chi connectivity index (χ3v) is 4.30. The van der Waals surface area contributed by atoms with Gasteiger partial charge in [0.2, 0.25) is 10.6 Å². The molecule has 2 aromatic rings. The largest absolute Gasteiger partial charge is 0.324 e. The number of hydrogen-bond donors (Lipinski definition) is 1. The summed E-state index contributed by atoms with van der Waals surface area (Å²) in [5.74, 6) is 0. The van der Waals surface area contributed by atoms with Crippen LogP contribution in [0.2, 0.25) is 5.15 Å². The fourth-order valence-corrected chi connectivity index (χ4v) is 2.91. The first-order valence-corrected chi connectivity index (χ1v) is 7.04. The van der Waals surface area contributed by atoms with E-state index in [0.717, 1.165) is 0 Å². The fraction of sp³-hybridized carbons (Fsp3) is 0.200. The first-order chi connectivity index (χ1) is 8.81. The summed E-state index contributed by atoms with van der Waals surface area (Å²) in [7, 11) is -0.776. The molecule has 0 bridgehead atoms. The Balaban J connectivity index is 2.39. The van der Waals surface area contributed by atoms with Gasteiger partial charge in [-0.05, 0) is 6.07 Å². The molecule has 0 aliphatic carbocycles. The second kappa shape index (κ2) is 4.71. The highest BCUT2D eigenvalue weighted by Gasteiger charge is 2.22. The molecular formula is C10H11ClN4O3S. The van der Waals surface area contributed by atoms with Gasteiger partial charge in [0.05, 0.1) is 12.0 Å². The topological polar surface area (TPSA) is 86.0 Å². The van der Waals surface area contributed by atoms with Gasteiger partial charge in [-0.15, -0.1) is 0 Å². The highest BCUT2D eigenvalue weighted by atomic mass is 35.5. The van der Waals surface area contributed by atoms with Crippen molar-refractivity contribution in [3.8, 4) is 0 Å². The molecular weight excluding hydrogens is 292 g/mol. The second-order valence-electron chi connectivity index (χ2n) is 3.92. The third kappa shape index (κ3) is 2.64. The van der Waals surface area contributed by atoms with E-state index in [1.54, 1.807) is 7.05 Å². The highest BCUT2D eigenvalue weighted by molar-refractivity contribution is 7.92. The zero-order valence-electron chi connectivity index (χ0n) is 10.2. The Hall–Kier alpha value is -1.80. The van der Waals surface area contributed by atoms with Crippen LogP contribution in [0, 0.1) is 0 Å². The minimum absolute atomic E-state index is 0.0114. The van der Waals surface area contributed by atoms with Gasteiger partial charge in [-0.25, -0.2) is 4.98 Å². The lowest BCUT2D eigenvalue weighted by molar-refractivity contribution is 0.598. The molecule has 7 nitrogen and oxygen atoms in total. The molecule has 0 aliphatic heterocycles. The molecule has 0 amide bonds. The number of anilines is 1. The molecule has 9 heteroatoms. The summed E-state index contributed by atoms with van der Waals surface area (Å²) >= 11 is 5.84. The molecule has 2 rings (SSSR count). The second-order valence-corrected chi connectivity index (χ2v) is 5.88. The summed E-state index contributed by atoms with van der Waals surface area (Å²) in [5, 5.41) is -0.247. The van der Waals surface area contributed by atoms with E-state index in [9.17, 15) is 13.2 Å². The van der Waals surface area contributed by atoms with Crippen molar-refractivity contribution >= 4 is 27.3 Å². The number of hydrogen-bond acceptors (Lipinski definition) is 4. The number of aromatic nitrogens is 3. The van der Waals surface area contributed by atoms with Gasteiger partial charge < -0.3 is 9.13 Å². The summed E-state index contributed by atoms with van der Waals surface area (Å²) in [5.41, 5.74) is 0.0163. The fourth-order valence-electron chi connectivity index (χ4n) is 1.43. The predicted molar refractivity (Wildman–Crippen MR) is 70.7 cm³/mol. The Bertz CT molecular complexity index is 778. The summed E-state index contributed by atoms with van der Waals surface area (Å²) < 4.78 is 29.1. The average Bonchev–Trinajstić information content (AvgIpc) is 2.65. The molecule has 2 aromatic heterocycles. The Labute approximate surface area is 114 Å².